The Balaban J connectivity index is 1.04. The van der Waals surface area contributed by atoms with E-state index in [2.05, 4.69) is 46.9 Å². The van der Waals surface area contributed by atoms with E-state index < -0.39 is 65.8 Å². The average Bonchev–Trinajstić information content (AvgIpc) is 3.99. The minimum Gasteiger partial charge on any atom is -0.454 e. The van der Waals surface area contributed by atoms with Gasteiger partial charge in [-0.3, -0.25) is 24.0 Å². The van der Waals surface area contributed by atoms with Crippen molar-refractivity contribution in [3.63, 3.8) is 0 Å². The first-order valence-corrected chi connectivity index (χ1v) is 18.3. The number of amides is 4. The number of nitrogens with zero attached hydrogens (tertiary/aromatic N) is 3. The van der Waals surface area contributed by atoms with Crippen LogP contribution in [0.25, 0.3) is 0 Å². The molecule has 1 aliphatic rings. The lowest BCUT2D eigenvalue weighted by atomic mass is 10.1. The van der Waals surface area contributed by atoms with Crippen molar-refractivity contribution >= 4 is 81.0 Å². The predicted molar refractivity (Wildman–Crippen MR) is 212 cm³/mol. The molecule has 1 heterocycles. The summed E-state index contributed by atoms with van der Waals surface area (Å²) in [5, 5.41) is 15.2. The van der Waals surface area contributed by atoms with E-state index in [-0.39, 0.29) is 28.7 Å². The molecule has 1 atom stereocenters. The van der Waals surface area contributed by atoms with E-state index in [9.17, 15) is 37.1 Å². The van der Waals surface area contributed by atoms with Gasteiger partial charge in [0.05, 0.1) is 5.54 Å². The maximum Gasteiger partial charge on any atom is 0.422 e. The van der Waals surface area contributed by atoms with E-state index in [0.717, 1.165) is 5.56 Å². The molecule has 0 aliphatic heterocycles. The number of nitrogens with one attached hydrogen (secondary N) is 6. The number of aromatic nitrogens is 3. The summed E-state index contributed by atoms with van der Waals surface area (Å²) < 4.78 is 43.7. The third kappa shape index (κ3) is 11.9. The minimum absolute atomic E-state index is 0.0459. The molecule has 4 amide bonds. The highest BCUT2D eigenvalue weighted by Crippen LogP contribution is 2.48. The normalized spacial score (nSPS) is 13.2. The van der Waals surface area contributed by atoms with Crippen LogP contribution in [0.3, 0.4) is 0 Å². The van der Waals surface area contributed by atoms with Crippen LogP contribution in [0.5, 0.6) is 6.01 Å². The fourth-order valence-electron chi connectivity index (χ4n) is 5.46. The summed E-state index contributed by atoms with van der Waals surface area (Å²) in [5.74, 6) is -3.71. The monoisotopic (exact) mass is 849 g/mol. The second-order valence-electron chi connectivity index (χ2n) is 13.0. The number of para-hydroxylation sites is 1. The van der Waals surface area contributed by atoms with Crippen molar-refractivity contribution in [3.8, 4) is 6.01 Å². The van der Waals surface area contributed by atoms with E-state index in [1.807, 2.05) is 12.1 Å². The van der Waals surface area contributed by atoms with Gasteiger partial charge in [-0.05, 0) is 96.7 Å². The largest absolute Gasteiger partial charge is 0.454 e. The number of anilines is 5. The van der Waals surface area contributed by atoms with Gasteiger partial charge in [0.25, 0.3) is 11.8 Å². The van der Waals surface area contributed by atoms with Gasteiger partial charge in [-0.25, -0.2) is 0 Å². The molecule has 1 aromatic heterocycles. The maximum atomic E-state index is 13.0. The van der Waals surface area contributed by atoms with E-state index in [1.54, 1.807) is 42.5 Å². The summed E-state index contributed by atoms with van der Waals surface area (Å²) in [6.07, 6.45) is -3.27. The number of ether oxygens (including phenoxy) is 1. The van der Waals surface area contributed by atoms with Gasteiger partial charge in [0.1, 0.15) is 6.04 Å². The van der Waals surface area contributed by atoms with Gasteiger partial charge < -0.3 is 36.6 Å². The lowest BCUT2D eigenvalue weighted by molar-refractivity contribution is -0.154. The van der Waals surface area contributed by atoms with Crippen LogP contribution < -0.4 is 36.6 Å². The molecule has 0 unspecified atom stereocenters. The van der Waals surface area contributed by atoms with Crippen LogP contribution in [0.1, 0.15) is 39.1 Å². The number of alkyl halides is 3. The average molecular weight is 851 g/mol. The second-order valence-corrected chi connectivity index (χ2v) is 13.8. The van der Waals surface area contributed by atoms with E-state index in [0.29, 0.717) is 29.2 Å². The molecular formula is C39H32Cl2F3N9O6. The molecule has 59 heavy (non-hydrogen) atoms. The topological polar surface area (TPSA) is 205 Å². The Morgan fingerprint density at radius 2 is 1.41 bits per heavy atom. The number of hydrogen-bond donors (Lipinski definition) is 6. The molecule has 4 aromatic carbocycles. The summed E-state index contributed by atoms with van der Waals surface area (Å²) in [6.45, 7) is -2.19. The summed E-state index contributed by atoms with van der Waals surface area (Å²) in [4.78, 5) is 75.3. The molecule has 15 nitrogen and oxygen atoms in total. The molecule has 0 saturated heterocycles. The third-order valence-corrected chi connectivity index (χ3v) is 9.06. The Kier molecular flexibility index (Phi) is 12.9. The molecule has 6 rings (SSSR count). The van der Waals surface area contributed by atoms with E-state index >= 15 is 0 Å². The van der Waals surface area contributed by atoms with E-state index in [1.165, 1.54) is 48.5 Å². The van der Waals surface area contributed by atoms with E-state index in [4.69, 9.17) is 27.9 Å². The standard InChI is InChI=1S/C39H32Cl2F3N9O6/c40-25-13-11-24(12-14-25)38(17-18-38)53-36-50-35(51-37(52-36)59-21-39(42,43)44)48-27-15-9-22(10-16-27)31(55)49-29(30(41)54)20-45-33(57)34(58)47-28-8-4-5-23(19-28)32(56)46-26-6-2-1-3-7-26/h1-16,19,29H,17-18,20-21H2,(H,45,57)(H,46,56)(H,47,58)(H,49,55)(H2,48,50,51,52,53)/t29-/m0/s1. The molecule has 0 spiro atoms. The fourth-order valence-corrected chi connectivity index (χ4v) is 5.72. The summed E-state index contributed by atoms with van der Waals surface area (Å²) in [6, 6.07) is 25.2. The van der Waals surface area contributed by atoms with Crippen LogP contribution in [-0.2, 0) is 19.9 Å². The fraction of sp³-hybridized carbons (Fsp3) is 0.179. The van der Waals surface area contributed by atoms with Crippen LogP contribution in [0.4, 0.5) is 42.1 Å². The van der Waals surface area contributed by atoms with Gasteiger partial charge in [0, 0.05) is 39.8 Å². The minimum atomic E-state index is -4.66. The number of carbonyl (C=O) groups is 5. The van der Waals surface area contributed by atoms with Crippen molar-refractivity contribution in [1.82, 2.24) is 25.6 Å². The quantitative estimate of drug-likeness (QED) is 0.0518. The second kappa shape index (κ2) is 18.2. The number of carbonyl (C=O) groups excluding carboxylic acids is 5. The van der Waals surface area contributed by atoms with Crippen molar-refractivity contribution in [2.24, 2.45) is 0 Å². The molecule has 1 aliphatic carbocycles. The molecule has 1 fully saturated rings. The lowest BCUT2D eigenvalue weighted by Gasteiger charge is -2.19. The van der Waals surface area contributed by atoms with Crippen molar-refractivity contribution in [2.75, 3.05) is 34.4 Å². The molecule has 304 valence electrons. The first kappa shape index (κ1) is 41.8. The van der Waals surface area contributed by atoms with Gasteiger partial charge in [0.15, 0.2) is 6.61 Å². The first-order valence-electron chi connectivity index (χ1n) is 17.6. The first-order chi connectivity index (χ1) is 28.1. The van der Waals surface area contributed by atoms with Crippen LogP contribution in [0, 0.1) is 0 Å². The van der Waals surface area contributed by atoms with Gasteiger partial charge in [0.2, 0.25) is 17.1 Å². The molecule has 1 saturated carbocycles. The Bertz CT molecular complexity index is 2350. The zero-order chi connectivity index (χ0) is 42.2. The molecule has 0 bridgehead atoms. The Labute approximate surface area is 343 Å². The molecule has 6 N–H and O–H groups in total. The third-order valence-electron chi connectivity index (χ3n) is 8.55. The Morgan fingerprint density at radius 1 is 0.729 bits per heavy atom. The van der Waals surface area contributed by atoms with Gasteiger partial charge in [-0.15, -0.1) is 0 Å². The highest BCUT2D eigenvalue weighted by molar-refractivity contribution is 6.65. The highest BCUT2D eigenvalue weighted by Gasteiger charge is 2.45. The number of halogens is 5. The SMILES string of the molecule is O=C(NC[C@H](NC(=O)c1ccc(Nc2nc(NC3(c4ccc(Cl)cc4)CC3)nc(OCC(F)(F)F)n2)cc1)C(=O)Cl)C(=O)Nc1cccc(C(=O)Nc2ccccc2)c1. The lowest BCUT2D eigenvalue weighted by Crippen LogP contribution is -2.49. The van der Waals surface area contributed by atoms with Crippen molar-refractivity contribution < 1.29 is 41.9 Å². The van der Waals surface area contributed by atoms with Crippen LogP contribution in [0.2, 0.25) is 5.02 Å². The summed E-state index contributed by atoms with van der Waals surface area (Å²) in [5.41, 5.74) is 1.57. The number of hydrogen-bond acceptors (Lipinski definition) is 11. The van der Waals surface area contributed by atoms with Gasteiger partial charge in [-0.1, -0.05) is 48.0 Å². The summed E-state index contributed by atoms with van der Waals surface area (Å²) >= 11 is 11.7. The molecule has 5 aromatic rings. The number of benzene rings is 4. The maximum absolute atomic E-state index is 13.0. The molecule has 0 radical (unpaired) electrons. The molecule has 20 heteroatoms. The van der Waals surface area contributed by atoms with Gasteiger partial charge >= 0.3 is 24.0 Å². The Morgan fingerprint density at radius 3 is 2.07 bits per heavy atom. The molecular weight excluding hydrogens is 818 g/mol. The van der Waals surface area contributed by atoms with Crippen LogP contribution in [0.15, 0.2) is 103 Å². The Hall–Kier alpha value is -6.79. The number of rotatable bonds is 15. The van der Waals surface area contributed by atoms with Crippen LogP contribution in [-0.4, -0.2) is 69.2 Å². The van der Waals surface area contributed by atoms with Crippen molar-refractivity contribution in [1.29, 1.82) is 0 Å². The summed E-state index contributed by atoms with van der Waals surface area (Å²) in [7, 11) is 0. The van der Waals surface area contributed by atoms with Crippen LogP contribution >= 0.6 is 23.2 Å². The zero-order valence-electron chi connectivity index (χ0n) is 30.4. The smallest absolute Gasteiger partial charge is 0.422 e. The van der Waals surface area contributed by atoms with Crippen molar-refractivity contribution in [3.05, 3.63) is 125 Å². The van der Waals surface area contributed by atoms with Crippen molar-refractivity contribution in [2.45, 2.75) is 30.6 Å². The van der Waals surface area contributed by atoms with Gasteiger partial charge in [-0.2, -0.15) is 28.1 Å². The highest BCUT2D eigenvalue weighted by atomic mass is 35.5. The predicted octanol–water partition coefficient (Wildman–Crippen LogP) is 6.18. The zero-order valence-corrected chi connectivity index (χ0v) is 31.9.